The van der Waals surface area contributed by atoms with Crippen LogP contribution in [0.4, 0.5) is 0 Å². The molecule has 1 heterocycles. The van der Waals surface area contributed by atoms with Gasteiger partial charge in [0.25, 0.3) is 0 Å². The van der Waals surface area contributed by atoms with Crippen molar-refractivity contribution in [3.8, 4) is 6.07 Å². The van der Waals surface area contributed by atoms with Gasteiger partial charge in [-0.2, -0.15) is 5.26 Å². The van der Waals surface area contributed by atoms with Gasteiger partial charge in [0, 0.05) is 18.8 Å². The van der Waals surface area contributed by atoms with E-state index in [1.807, 2.05) is 26.1 Å². The molecule has 1 atom stereocenters. The number of nitriles is 1. The average Bonchev–Trinajstić information content (AvgIpc) is 2.36. The molecule has 1 aliphatic carbocycles. The van der Waals surface area contributed by atoms with Crippen LogP contribution >= 0.6 is 0 Å². The zero-order chi connectivity index (χ0) is 12.3. The van der Waals surface area contributed by atoms with Crippen LogP contribution in [-0.2, 0) is 6.42 Å². The van der Waals surface area contributed by atoms with Crippen molar-refractivity contribution in [2.45, 2.75) is 39.2 Å². The lowest BCUT2D eigenvalue weighted by Gasteiger charge is -2.27. The van der Waals surface area contributed by atoms with Crippen LogP contribution in [0.5, 0.6) is 0 Å². The Morgan fingerprint density at radius 2 is 2.41 bits per heavy atom. The molecule has 1 aromatic rings. The summed E-state index contributed by atoms with van der Waals surface area (Å²) in [5.74, 6) is 0. The van der Waals surface area contributed by atoms with E-state index >= 15 is 0 Å². The Bertz CT molecular complexity index is 431. The fraction of sp³-hybridized carbons (Fsp3) is 0.571. The van der Waals surface area contributed by atoms with Crippen LogP contribution in [0.3, 0.4) is 0 Å². The Morgan fingerprint density at radius 1 is 1.59 bits per heavy atom. The van der Waals surface area contributed by atoms with Crippen LogP contribution in [0, 0.1) is 16.7 Å². The molecule has 3 nitrogen and oxygen atoms in total. The molecule has 2 rings (SSSR count). The summed E-state index contributed by atoms with van der Waals surface area (Å²) in [4.78, 5) is 4.48. The molecule has 0 bridgehead atoms. The third kappa shape index (κ3) is 2.83. The predicted molar refractivity (Wildman–Crippen MR) is 67.3 cm³/mol. The second-order valence-electron chi connectivity index (χ2n) is 5.37. The van der Waals surface area contributed by atoms with Gasteiger partial charge in [-0.05, 0) is 44.7 Å². The predicted octanol–water partition coefficient (Wildman–Crippen LogP) is 2.60. The van der Waals surface area contributed by atoms with Crippen LogP contribution < -0.4 is 5.32 Å². The first-order chi connectivity index (χ1) is 8.12. The summed E-state index contributed by atoms with van der Waals surface area (Å²) < 4.78 is 0. The molecular formula is C14H19N3. The molecule has 3 heteroatoms. The van der Waals surface area contributed by atoms with Gasteiger partial charge in [0.1, 0.15) is 0 Å². The van der Waals surface area contributed by atoms with Gasteiger partial charge in [-0.3, -0.25) is 4.98 Å². The highest BCUT2D eigenvalue weighted by molar-refractivity contribution is 5.25. The normalized spacial score (nSPS) is 19.5. The fourth-order valence-corrected chi connectivity index (χ4v) is 2.23. The Hall–Kier alpha value is -1.40. The van der Waals surface area contributed by atoms with E-state index in [0.29, 0.717) is 12.6 Å². The van der Waals surface area contributed by atoms with Gasteiger partial charge < -0.3 is 5.32 Å². The van der Waals surface area contributed by atoms with Crippen LogP contribution in [-0.4, -0.2) is 11.5 Å². The lowest BCUT2D eigenvalue weighted by molar-refractivity contribution is 0.373. The summed E-state index contributed by atoms with van der Waals surface area (Å²) in [6.07, 6.45) is 5.30. The highest BCUT2D eigenvalue weighted by Gasteiger charge is 2.24. The third-order valence-electron chi connectivity index (χ3n) is 3.29. The maximum atomic E-state index is 9.01. The number of nitrogens with zero attached hydrogens (tertiary/aromatic N) is 2. The van der Waals surface area contributed by atoms with Gasteiger partial charge in [0.15, 0.2) is 0 Å². The van der Waals surface area contributed by atoms with Crippen LogP contribution in [0.2, 0.25) is 0 Å². The van der Waals surface area contributed by atoms with E-state index in [1.54, 1.807) is 0 Å². The second kappa shape index (κ2) is 4.85. The monoisotopic (exact) mass is 229 g/mol. The second-order valence-corrected chi connectivity index (χ2v) is 5.37. The Kier molecular flexibility index (Phi) is 3.44. The van der Waals surface area contributed by atoms with Crippen LogP contribution in [0.25, 0.3) is 0 Å². The number of aromatic nitrogens is 1. The van der Waals surface area contributed by atoms with E-state index in [2.05, 4.69) is 22.4 Å². The molecule has 0 fully saturated rings. The van der Waals surface area contributed by atoms with Crippen molar-refractivity contribution in [1.29, 1.82) is 5.26 Å². The number of rotatable bonds is 3. The van der Waals surface area contributed by atoms with Crippen LogP contribution in [0.1, 0.15) is 44.0 Å². The number of nitrogens with one attached hydrogen (secondary N) is 1. The highest BCUT2D eigenvalue weighted by atomic mass is 15.0. The topological polar surface area (TPSA) is 48.7 Å². The highest BCUT2D eigenvalue weighted by Crippen LogP contribution is 2.28. The SMILES string of the molecule is CC(C)(C#N)CNC1CCCc2cccnc21. The van der Waals surface area contributed by atoms with E-state index in [4.69, 9.17) is 5.26 Å². The van der Waals surface area contributed by atoms with Crippen molar-refractivity contribution in [2.24, 2.45) is 5.41 Å². The largest absolute Gasteiger partial charge is 0.307 e. The van der Waals surface area contributed by atoms with E-state index in [-0.39, 0.29) is 5.41 Å². The molecule has 0 spiro atoms. The number of hydrogen-bond acceptors (Lipinski definition) is 3. The summed E-state index contributed by atoms with van der Waals surface area (Å²) in [5, 5.41) is 12.5. The van der Waals surface area contributed by atoms with Crippen LogP contribution in [0.15, 0.2) is 18.3 Å². The van der Waals surface area contributed by atoms with Crippen molar-refractivity contribution in [3.63, 3.8) is 0 Å². The summed E-state index contributed by atoms with van der Waals surface area (Å²) in [5.41, 5.74) is 2.21. The first-order valence-electron chi connectivity index (χ1n) is 6.21. The molecule has 1 unspecified atom stereocenters. The minimum atomic E-state index is -0.313. The van der Waals surface area contributed by atoms with Gasteiger partial charge in [-0.15, -0.1) is 0 Å². The van der Waals surface area contributed by atoms with Gasteiger partial charge in [-0.1, -0.05) is 6.07 Å². The molecule has 17 heavy (non-hydrogen) atoms. The van der Waals surface area contributed by atoms with E-state index in [0.717, 1.165) is 12.8 Å². The Morgan fingerprint density at radius 3 is 3.18 bits per heavy atom. The summed E-state index contributed by atoms with van der Waals surface area (Å²) in [6, 6.07) is 6.79. The molecule has 0 aliphatic heterocycles. The molecule has 0 radical (unpaired) electrons. The molecule has 0 saturated carbocycles. The molecule has 0 amide bonds. The lowest BCUT2D eigenvalue weighted by atomic mass is 9.90. The lowest BCUT2D eigenvalue weighted by Crippen LogP contribution is -2.33. The van der Waals surface area contributed by atoms with Crippen molar-refractivity contribution < 1.29 is 0 Å². The Balaban J connectivity index is 2.07. The standard InChI is InChI=1S/C14H19N3/c1-14(2,9-15)10-17-12-7-3-5-11-6-4-8-16-13(11)12/h4,6,8,12,17H,3,5,7,10H2,1-2H3. The van der Waals surface area contributed by atoms with E-state index < -0.39 is 0 Å². The molecule has 1 aromatic heterocycles. The molecular weight excluding hydrogens is 210 g/mol. The van der Waals surface area contributed by atoms with Gasteiger partial charge >= 0.3 is 0 Å². The zero-order valence-corrected chi connectivity index (χ0v) is 10.5. The Labute approximate surface area is 103 Å². The maximum Gasteiger partial charge on any atom is 0.0697 e. The quantitative estimate of drug-likeness (QED) is 0.866. The van der Waals surface area contributed by atoms with Crippen molar-refractivity contribution in [1.82, 2.24) is 10.3 Å². The van der Waals surface area contributed by atoms with Crippen molar-refractivity contribution in [2.75, 3.05) is 6.54 Å². The molecule has 1 aliphatic rings. The van der Waals surface area contributed by atoms with Gasteiger partial charge in [-0.25, -0.2) is 0 Å². The first-order valence-corrected chi connectivity index (χ1v) is 6.21. The van der Waals surface area contributed by atoms with Crippen molar-refractivity contribution in [3.05, 3.63) is 29.6 Å². The molecule has 0 saturated heterocycles. The minimum absolute atomic E-state index is 0.313. The van der Waals surface area contributed by atoms with E-state index in [1.165, 1.54) is 17.7 Å². The van der Waals surface area contributed by atoms with Crippen molar-refractivity contribution >= 4 is 0 Å². The minimum Gasteiger partial charge on any atom is -0.307 e. The number of hydrogen-bond donors (Lipinski definition) is 1. The summed E-state index contributed by atoms with van der Waals surface area (Å²) in [7, 11) is 0. The summed E-state index contributed by atoms with van der Waals surface area (Å²) >= 11 is 0. The molecule has 90 valence electrons. The van der Waals surface area contributed by atoms with Gasteiger partial charge in [0.2, 0.25) is 0 Å². The molecule has 1 N–H and O–H groups in total. The smallest absolute Gasteiger partial charge is 0.0697 e. The molecule has 0 aromatic carbocycles. The first kappa shape index (κ1) is 12.1. The zero-order valence-electron chi connectivity index (χ0n) is 10.5. The van der Waals surface area contributed by atoms with E-state index in [9.17, 15) is 0 Å². The average molecular weight is 229 g/mol. The number of pyridine rings is 1. The third-order valence-corrected chi connectivity index (χ3v) is 3.29. The number of fused-ring (bicyclic) bond motifs is 1. The maximum absolute atomic E-state index is 9.01. The number of aryl methyl sites for hydroxylation is 1. The fourth-order valence-electron chi connectivity index (χ4n) is 2.23. The van der Waals surface area contributed by atoms with Gasteiger partial charge in [0.05, 0.1) is 17.2 Å². The summed E-state index contributed by atoms with van der Waals surface area (Å²) in [6.45, 7) is 4.63.